The lowest BCUT2D eigenvalue weighted by molar-refractivity contribution is 0.0688. The Hall–Kier alpha value is -1.31. The van der Waals surface area contributed by atoms with E-state index in [9.17, 15) is 4.79 Å². The van der Waals surface area contributed by atoms with Gasteiger partial charge in [-0.05, 0) is 30.2 Å². The molecule has 0 aromatic carbocycles. The maximum atomic E-state index is 12.5. The van der Waals surface area contributed by atoms with Gasteiger partial charge in [0, 0.05) is 25.1 Å². The molecule has 1 aromatic heterocycles. The van der Waals surface area contributed by atoms with Gasteiger partial charge in [0.1, 0.15) is 4.88 Å². The van der Waals surface area contributed by atoms with Gasteiger partial charge in [-0.1, -0.05) is 18.8 Å². The van der Waals surface area contributed by atoms with Crippen molar-refractivity contribution >= 4 is 17.2 Å². The fourth-order valence-electron chi connectivity index (χ4n) is 2.30. The van der Waals surface area contributed by atoms with Crippen LogP contribution in [0.15, 0.2) is 11.4 Å². The summed E-state index contributed by atoms with van der Waals surface area (Å²) >= 11 is 1.45. The lowest BCUT2D eigenvalue weighted by atomic mass is 10.00. The molecule has 0 aliphatic carbocycles. The molecule has 2 heterocycles. The summed E-state index contributed by atoms with van der Waals surface area (Å²) in [5.74, 6) is 6.55. The van der Waals surface area contributed by atoms with E-state index >= 15 is 0 Å². The first-order valence-electron chi connectivity index (χ1n) is 6.69. The van der Waals surface area contributed by atoms with Crippen LogP contribution in [0.1, 0.15) is 41.4 Å². The average Bonchev–Trinajstić information content (AvgIpc) is 2.86. The van der Waals surface area contributed by atoms with Gasteiger partial charge in [-0.3, -0.25) is 4.79 Å². The second kappa shape index (κ2) is 6.74. The lowest BCUT2D eigenvalue weighted by Crippen LogP contribution is -2.39. The maximum absolute atomic E-state index is 12.5. The Morgan fingerprint density at radius 2 is 2.47 bits per heavy atom. The summed E-state index contributed by atoms with van der Waals surface area (Å²) in [4.78, 5) is 15.2. The number of aliphatic hydroxyl groups excluding tert-OH is 1. The van der Waals surface area contributed by atoms with Gasteiger partial charge in [-0.15, -0.1) is 11.3 Å². The monoisotopic (exact) mass is 277 g/mol. The summed E-state index contributed by atoms with van der Waals surface area (Å²) in [5.41, 5.74) is 0.793. The Morgan fingerprint density at radius 3 is 3.21 bits per heavy atom. The van der Waals surface area contributed by atoms with Crippen LogP contribution in [0.4, 0.5) is 0 Å². The van der Waals surface area contributed by atoms with Crippen LogP contribution in [0.3, 0.4) is 0 Å². The first kappa shape index (κ1) is 14.1. The standard InChI is InChI=1S/C15H19NO2S/c1-12-5-4-8-16(11-12)15(18)14-13(7-10-19-14)6-2-3-9-17/h7,10,12,17H,3-5,8-9,11H2,1H3. The Bertz CT molecular complexity index is 498. The number of hydrogen-bond acceptors (Lipinski definition) is 3. The van der Waals surface area contributed by atoms with Crippen LogP contribution in [0.25, 0.3) is 0 Å². The molecular weight excluding hydrogens is 258 g/mol. The zero-order chi connectivity index (χ0) is 13.7. The number of nitrogens with zero attached hydrogens (tertiary/aromatic N) is 1. The molecule has 1 atom stereocenters. The van der Waals surface area contributed by atoms with E-state index in [0.29, 0.717) is 12.3 Å². The molecule has 2 rings (SSSR count). The van der Waals surface area contributed by atoms with Crippen LogP contribution in [-0.2, 0) is 0 Å². The van der Waals surface area contributed by atoms with Crippen molar-refractivity contribution in [3.05, 3.63) is 21.9 Å². The van der Waals surface area contributed by atoms with E-state index in [-0.39, 0.29) is 12.5 Å². The summed E-state index contributed by atoms with van der Waals surface area (Å²) < 4.78 is 0. The Kier molecular flexibility index (Phi) is 5.00. The third-order valence-electron chi connectivity index (χ3n) is 3.26. The van der Waals surface area contributed by atoms with E-state index in [1.165, 1.54) is 17.8 Å². The van der Waals surface area contributed by atoms with Crippen LogP contribution in [0, 0.1) is 17.8 Å². The molecule has 1 amide bonds. The van der Waals surface area contributed by atoms with Crippen molar-refractivity contribution in [2.45, 2.75) is 26.2 Å². The number of piperidine rings is 1. The topological polar surface area (TPSA) is 40.5 Å². The zero-order valence-corrected chi connectivity index (χ0v) is 12.0. The van der Waals surface area contributed by atoms with Gasteiger partial charge in [-0.25, -0.2) is 0 Å². The second-order valence-corrected chi connectivity index (χ2v) is 5.85. The van der Waals surface area contributed by atoms with Crippen LogP contribution < -0.4 is 0 Å². The lowest BCUT2D eigenvalue weighted by Gasteiger charge is -2.30. The number of rotatable bonds is 2. The van der Waals surface area contributed by atoms with E-state index in [4.69, 9.17) is 5.11 Å². The molecular formula is C15H19NO2S. The molecule has 1 aliphatic heterocycles. The number of aliphatic hydroxyl groups is 1. The largest absolute Gasteiger partial charge is 0.395 e. The van der Waals surface area contributed by atoms with Crippen molar-refractivity contribution in [2.24, 2.45) is 5.92 Å². The Balaban J connectivity index is 2.11. The molecule has 102 valence electrons. The third-order valence-corrected chi connectivity index (χ3v) is 4.17. The van der Waals surface area contributed by atoms with Crippen LogP contribution >= 0.6 is 11.3 Å². The maximum Gasteiger partial charge on any atom is 0.265 e. The number of likely N-dealkylation sites (tertiary alicyclic amines) is 1. The third kappa shape index (κ3) is 3.59. The fraction of sp³-hybridized carbons (Fsp3) is 0.533. The van der Waals surface area contributed by atoms with E-state index in [2.05, 4.69) is 18.8 Å². The van der Waals surface area contributed by atoms with Crippen molar-refractivity contribution in [1.29, 1.82) is 0 Å². The first-order valence-corrected chi connectivity index (χ1v) is 7.57. The predicted octanol–water partition coefficient (Wildman–Crippen LogP) is 2.35. The van der Waals surface area contributed by atoms with Crippen molar-refractivity contribution < 1.29 is 9.90 Å². The van der Waals surface area contributed by atoms with Gasteiger partial charge in [-0.2, -0.15) is 0 Å². The Labute approximate surface area is 118 Å². The molecule has 1 unspecified atom stereocenters. The SMILES string of the molecule is CC1CCCN(C(=O)c2sccc2C#CCCO)C1. The van der Waals surface area contributed by atoms with E-state index in [1.807, 2.05) is 16.3 Å². The number of hydrogen-bond donors (Lipinski definition) is 1. The molecule has 0 spiro atoms. The van der Waals surface area contributed by atoms with Gasteiger partial charge in [0.2, 0.25) is 0 Å². The van der Waals surface area contributed by atoms with Gasteiger partial charge in [0.15, 0.2) is 0 Å². The fourth-order valence-corrected chi connectivity index (χ4v) is 3.12. The molecule has 4 heteroatoms. The molecule has 1 aromatic rings. The van der Waals surface area contributed by atoms with E-state index < -0.39 is 0 Å². The second-order valence-electron chi connectivity index (χ2n) is 4.94. The Morgan fingerprint density at radius 1 is 1.63 bits per heavy atom. The summed E-state index contributed by atoms with van der Waals surface area (Å²) in [7, 11) is 0. The van der Waals surface area contributed by atoms with Gasteiger partial charge in [0.25, 0.3) is 5.91 Å². The molecule has 0 bridgehead atoms. The van der Waals surface area contributed by atoms with E-state index in [0.717, 1.165) is 30.0 Å². The molecule has 3 nitrogen and oxygen atoms in total. The normalized spacial score (nSPS) is 18.8. The van der Waals surface area contributed by atoms with Gasteiger partial charge >= 0.3 is 0 Å². The highest BCUT2D eigenvalue weighted by Crippen LogP contribution is 2.22. The summed E-state index contributed by atoms with van der Waals surface area (Å²) in [6.07, 6.45) is 2.74. The van der Waals surface area contributed by atoms with Crippen molar-refractivity contribution in [2.75, 3.05) is 19.7 Å². The van der Waals surface area contributed by atoms with Crippen molar-refractivity contribution in [3.63, 3.8) is 0 Å². The van der Waals surface area contributed by atoms with Crippen molar-refractivity contribution in [3.8, 4) is 11.8 Å². The molecule has 0 radical (unpaired) electrons. The minimum absolute atomic E-state index is 0.0596. The first-order chi connectivity index (χ1) is 9.22. The number of amides is 1. The van der Waals surface area contributed by atoms with E-state index in [1.54, 1.807) is 0 Å². The number of thiophene rings is 1. The minimum Gasteiger partial charge on any atom is -0.395 e. The minimum atomic E-state index is 0.0596. The summed E-state index contributed by atoms with van der Waals surface area (Å²) in [5, 5.41) is 10.6. The summed E-state index contributed by atoms with van der Waals surface area (Å²) in [6, 6.07) is 1.88. The van der Waals surface area contributed by atoms with Crippen molar-refractivity contribution in [1.82, 2.24) is 4.90 Å². The highest BCUT2D eigenvalue weighted by atomic mass is 32.1. The highest BCUT2D eigenvalue weighted by molar-refractivity contribution is 7.12. The molecule has 19 heavy (non-hydrogen) atoms. The highest BCUT2D eigenvalue weighted by Gasteiger charge is 2.24. The molecule has 1 aliphatic rings. The van der Waals surface area contributed by atoms with Gasteiger partial charge < -0.3 is 10.0 Å². The zero-order valence-electron chi connectivity index (χ0n) is 11.2. The summed E-state index contributed by atoms with van der Waals surface area (Å²) in [6.45, 7) is 3.95. The number of carbonyl (C=O) groups excluding carboxylic acids is 1. The van der Waals surface area contributed by atoms with Crippen LogP contribution in [0.5, 0.6) is 0 Å². The van der Waals surface area contributed by atoms with Crippen LogP contribution in [0.2, 0.25) is 0 Å². The number of carbonyl (C=O) groups is 1. The quantitative estimate of drug-likeness (QED) is 0.843. The molecule has 1 N–H and O–H groups in total. The average molecular weight is 277 g/mol. The van der Waals surface area contributed by atoms with Gasteiger partial charge in [0.05, 0.1) is 6.61 Å². The predicted molar refractivity (Wildman–Crippen MR) is 77.2 cm³/mol. The smallest absolute Gasteiger partial charge is 0.265 e. The van der Waals surface area contributed by atoms with Crippen LogP contribution in [-0.4, -0.2) is 35.6 Å². The molecule has 1 fully saturated rings. The molecule has 0 saturated carbocycles. The molecule has 1 saturated heterocycles.